The zero-order chi connectivity index (χ0) is 18.8. The highest BCUT2D eigenvalue weighted by atomic mass is 35.5. The number of amides is 1. The molecule has 138 valence electrons. The van der Waals surface area contributed by atoms with Crippen LogP contribution in [0.15, 0.2) is 60.0 Å². The summed E-state index contributed by atoms with van der Waals surface area (Å²) in [6.07, 6.45) is 0.833. The molecule has 3 nitrogen and oxygen atoms in total. The smallest absolute Gasteiger partial charge is 0.261 e. The maximum absolute atomic E-state index is 13.2. The van der Waals surface area contributed by atoms with Gasteiger partial charge in [0.1, 0.15) is 11.6 Å². The molecule has 0 radical (unpaired) electrons. The molecule has 27 heavy (non-hydrogen) atoms. The third-order valence-electron chi connectivity index (χ3n) is 4.65. The number of thiophene rings is 1. The van der Waals surface area contributed by atoms with Crippen molar-refractivity contribution in [2.24, 2.45) is 0 Å². The van der Waals surface area contributed by atoms with Gasteiger partial charge in [-0.25, -0.2) is 4.39 Å². The van der Waals surface area contributed by atoms with Gasteiger partial charge in [0.15, 0.2) is 6.61 Å². The molecule has 3 aromatic rings. The van der Waals surface area contributed by atoms with E-state index in [9.17, 15) is 9.18 Å². The molecular weight excluding hydrogens is 385 g/mol. The topological polar surface area (TPSA) is 29.5 Å². The number of hydrogen-bond donors (Lipinski definition) is 0. The monoisotopic (exact) mass is 401 g/mol. The summed E-state index contributed by atoms with van der Waals surface area (Å²) in [5.41, 5.74) is 2.25. The highest BCUT2D eigenvalue weighted by Crippen LogP contribution is 2.37. The Morgan fingerprint density at radius 1 is 1.22 bits per heavy atom. The Kier molecular flexibility index (Phi) is 5.14. The van der Waals surface area contributed by atoms with Crippen LogP contribution >= 0.6 is 22.9 Å². The van der Waals surface area contributed by atoms with Gasteiger partial charge in [-0.05, 0) is 47.2 Å². The van der Waals surface area contributed by atoms with E-state index in [2.05, 4.69) is 11.4 Å². The molecule has 0 N–H and O–H groups in total. The molecule has 6 heteroatoms. The molecule has 2 aromatic carbocycles. The van der Waals surface area contributed by atoms with Crippen molar-refractivity contribution in [3.63, 3.8) is 0 Å². The Morgan fingerprint density at radius 3 is 2.81 bits per heavy atom. The highest BCUT2D eigenvalue weighted by molar-refractivity contribution is 7.10. The van der Waals surface area contributed by atoms with E-state index in [0.717, 1.165) is 12.0 Å². The third-order valence-corrected chi connectivity index (χ3v) is 5.94. The molecule has 0 fully saturated rings. The van der Waals surface area contributed by atoms with Crippen LogP contribution in [-0.2, 0) is 11.2 Å². The zero-order valence-corrected chi connectivity index (χ0v) is 16.0. The molecule has 1 aromatic heterocycles. The zero-order valence-electron chi connectivity index (χ0n) is 14.4. The van der Waals surface area contributed by atoms with Crippen LogP contribution in [0.5, 0.6) is 5.75 Å². The van der Waals surface area contributed by atoms with Gasteiger partial charge in [-0.2, -0.15) is 0 Å². The first-order valence-corrected chi connectivity index (χ1v) is 9.88. The van der Waals surface area contributed by atoms with Gasteiger partial charge in [-0.3, -0.25) is 4.79 Å². The van der Waals surface area contributed by atoms with Gasteiger partial charge in [0.2, 0.25) is 0 Å². The second-order valence-corrected chi connectivity index (χ2v) is 7.72. The van der Waals surface area contributed by atoms with E-state index >= 15 is 0 Å². The van der Waals surface area contributed by atoms with Gasteiger partial charge in [-0.1, -0.05) is 41.9 Å². The van der Waals surface area contributed by atoms with Gasteiger partial charge in [-0.15, -0.1) is 11.3 Å². The highest BCUT2D eigenvalue weighted by Gasteiger charge is 2.32. The molecule has 0 bridgehead atoms. The molecule has 0 spiro atoms. The van der Waals surface area contributed by atoms with Crippen LogP contribution in [0.2, 0.25) is 5.02 Å². The van der Waals surface area contributed by atoms with Crippen LogP contribution in [0.4, 0.5) is 4.39 Å². The first kappa shape index (κ1) is 18.0. The van der Waals surface area contributed by atoms with Crippen molar-refractivity contribution in [1.82, 2.24) is 4.90 Å². The van der Waals surface area contributed by atoms with Crippen LogP contribution < -0.4 is 4.74 Å². The fourth-order valence-corrected chi connectivity index (χ4v) is 4.52. The van der Waals surface area contributed by atoms with E-state index in [1.165, 1.54) is 28.6 Å². The largest absolute Gasteiger partial charge is 0.482 e. The van der Waals surface area contributed by atoms with Crippen LogP contribution in [0.3, 0.4) is 0 Å². The van der Waals surface area contributed by atoms with Gasteiger partial charge in [0, 0.05) is 11.4 Å². The number of nitrogens with zero attached hydrogens (tertiary/aromatic N) is 1. The van der Waals surface area contributed by atoms with E-state index in [1.54, 1.807) is 11.3 Å². The summed E-state index contributed by atoms with van der Waals surface area (Å²) in [5.74, 6) is -0.263. The molecule has 2 heterocycles. The van der Waals surface area contributed by atoms with Gasteiger partial charge in [0.05, 0.1) is 11.1 Å². The van der Waals surface area contributed by atoms with Crippen LogP contribution in [0.1, 0.15) is 22.0 Å². The first-order valence-electron chi connectivity index (χ1n) is 8.62. The lowest BCUT2D eigenvalue weighted by molar-refractivity contribution is -0.135. The van der Waals surface area contributed by atoms with Crippen molar-refractivity contribution >= 4 is 28.8 Å². The molecule has 1 atom stereocenters. The summed E-state index contributed by atoms with van der Waals surface area (Å²) in [6.45, 7) is 0.487. The quantitative estimate of drug-likeness (QED) is 0.609. The minimum absolute atomic E-state index is 0.124. The van der Waals surface area contributed by atoms with Crippen molar-refractivity contribution < 1.29 is 13.9 Å². The Labute approximate surface area is 166 Å². The Bertz CT molecular complexity index is 960. The van der Waals surface area contributed by atoms with E-state index in [0.29, 0.717) is 12.3 Å². The molecule has 0 aliphatic carbocycles. The van der Waals surface area contributed by atoms with E-state index < -0.39 is 5.82 Å². The van der Waals surface area contributed by atoms with Crippen molar-refractivity contribution in [3.05, 3.63) is 86.8 Å². The maximum atomic E-state index is 13.2. The van der Waals surface area contributed by atoms with Gasteiger partial charge >= 0.3 is 0 Å². The lowest BCUT2D eigenvalue weighted by Gasteiger charge is -2.36. The van der Waals surface area contributed by atoms with E-state index in [4.69, 9.17) is 16.3 Å². The molecule has 4 rings (SSSR count). The minimum Gasteiger partial charge on any atom is -0.482 e. The predicted molar refractivity (Wildman–Crippen MR) is 105 cm³/mol. The fourth-order valence-electron chi connectivity index (χ4n) is 3.39. The van der Waals surface area contributed by atoms with E-state index in [1.807, 2.05) is 35.2 Å². The second kappa shape index (κ2) is 7.71. The van der Waals surface area contributed by atoms with Gasteiger partial charge < -0.3 is 9.64 Å². The predicted octanol–water partition coefficient (Wildman–Crippen LogP) is 5.09. The number of benzene rings is 2. The average molecular weight is 402 g/mol. The van der Waals surface area contributed by atoms with Crippen molar-refractivity contribution in [2.45, 2.75) is 12.5 Å². The molecule has 1 amide bonds. The maximum Gasteiger partial charge on any atom is 0.261 e. The Morgan fingerprint density at radius 2 is 2.04 bits per heavy atom. The molecule has 1 aliphatic rings. The van der Waals surface area contributed by atoms with E-state index in [-0.39, 0.29) is 23.6 Å². The normalized spacial score (nSPS) is 16.1. The van der Waals surface area contributed by atoms with Gasteiger partial charge in [0.25, 0.3) is 5.91 Å². The summed E-state index contributed by atoms with van der Waals surface area (Å²) in [4.78, 5) is 16.1. The fraction of sp³-hybridized carbons (Fsp3) is 0.190. The minimum atomic E-state index is -0.441. The molecular formula is C21H17ClFNO2S. The van der Waals surface area contributed by atoms with Crippen molar-refractivity contribution in [1.29, 1.82) is 0 Å². The first-order chi connectivity index (χ1) is 13.1. The van der Waals surface area contributed by atoms with Crippen LogP contribution in [-0.4, -0.2) is 24.0 Å². The molecule has 1 aliphatic heterocycles. The van der Waals surface area contributed by atoms with Crippen LogP contribution in [0.25, 0.3) is 0 Å². The lowest BCUT2D eigenvalue weighted by Crippen LogP contribution is -2.42. The summed E-state index contributed by atoms with van der Waals surface area (Å²) < 4.78 is 18.7. The number of carbonyl (C=O) groups excluding carboxylic acids is 1. The summed E-state index contributed by atoms with van der Waals surface area (Å²) in [6, 6.07) is 15.8. The SMILES string of the molecule is O=C(COc1ccc(F)cc1Cl)N1CCc2sccc2C1c1ccccc1. The van der Waals surface area contributed by atoms with Crippen molar-refractivity contribution in [3.8, 4) is 5.75 Å². The number of ether oxygens (including phenoxy) is 1. The van der Waals surface area contributed by atoms with Crippen LogP contribution in [0, 0.1) is 5.82 Å². The summed E-state index contributed by atoms with van der Waals surface area (Å²) in [5, 5.41) is 2.23. The lowest BCUT2D eigenvalue weighted by atomic mass is 9.93. The number of carbonyl (C=O) groups is 1. The summed E-state index contributed by atoms with van der Waals surface area (Å²) in [7, 11) is 0. The molecule has 1 unspecified atom stereocenters. The summed E-state index contributed by atoms with van der Waals surface area (Å²) >= 11 is 7.72. The number of hydrogen-bond acceptors (Lipinski definition) is 3. The number of halogens is 2. The standard InChI is InChI=1S/C21H17ClFNO2S/c22-17-12-15(23)6-7-18(17)26-13-20(25)24-10-8-19-16(9-11-27-19)21(24)14-4-2-1-3-5-14/h1-7,9,11-12,21H,8,10,13H2. The number of fused-ring (bicyclic) bond motifs is 1. The Hall–Kier alpha value is -2.37. The average Bonchev–Trinajstić information content (AvgIpc) is 3.15. The van der Waals surface area contributed by atoms with Crippen molar-refractivity contribution in [2.75, 3.05) is 13.2 Å². The molecule has 0 saturated carbocycles. The Balaban J connectivity index is 1.57. The second-order valence-electron chi connectivity index (χ2n) is 6.31. The third kappa shape index (κ3) is 3.70. The molecule has 0 saturated heterocycles. The number of rotatable bonds is 4.